The molecule has 0 bridgehead atoms. The van der Waals surface area contributed by atoms with Gasteiger partial charge in [0.2, 0.25) is 0 Å². The minimum Gasteiger partial charge on any atom is -0.449 e. The molecule has 0 saturated carbocycles. The number of aromatic amines is 1. The summed E-state index contributed by atoms with van der Waals surface area (Å²) in [6.45, 7) is 6.14. The SMILES string of the molecule is CCCOC(=O)Nc1n[nH]c(C)c1C. The quantitative estimate of drug-likeness (QED) is 0.778. The van der Waals surface area contributed by atoms with Crippen molar-refractivity contribution in [3.05, 3.63) is 11.3 Å². The van der Waals surface area contributed by atoms with E-state index < -0.39 is 6.09 Å². The first-order valence-corrected chi connectivity index (χ1v) is 4.60. The second-order valence-corrected chi connectivity index (χ2v) is 3.08. The van der Waals surface area contributed by atoms with Crippen LogP contribution in [-0.4, -0.2) is 22.9 Å². The number of H-pyrrole nitrogens is 1. The molecule has 0 aromatic carbocycles. The van der Waals surface area contributed by atoms with Gasteiger partial charge in [-0.1, -0.05) is 6.92 Å². The molecule has 1 aromatic rings. The molecule has 1 rings (SSSR count). The van der Waals surface area contributed by atoms with Crippen molar-refractivity contribution in [3.8, 4) is 0 Å². The highest BCUT2D eigenvalue weighted by atomic mass is 16.5. The standard InChI is InChI=1S/C9H15N3O2/c1-4-5-14-9(13)10-8-6(2)7(3)11-12-8/h4-5H2,1-3H3,(H2,10,11,12,13). The average Bonchev–Trinajstić information content (AvgIpc) is 2.46. The lowest BCUT2D eigenvalue weighted by Gasteiger charge is -2.03. The molecule has 0 aliphatic carbocycles. The summed E-state index contributed by atoms with van der Waals surface area (Å²) < 4.78 is 4.86. The molecule has 0 spiro atoms. The summed E-state index contributed by atoms with van der Waals surface area (Å²) in [5, 5.41) is 9.27. The van der Waals surface area contributed by atoms with Crippen molar-refractivity contribution in [3.63, 3.8) is 0 Å². The highest BCUT2D eigenvalue weighted by Gasteiger charge is 2.09. The molecular formula is C9H15N3O2. The third-order valence-electron chi connectivity index (χ3n) is 1.91. The summed E-state index contributed by atoms with van der Waals surface area (Å²) in [6.07, 6.45) is 0.355. The molecule has 14 heavy (non-hydrogen) atoms. The number of carbonyl (C=O) groups is 1. The van der Waals surface area contributed by atoms with Crippen molar-refractivity contribution in [2.24, 2.45) is 0 Å². The topological polar surface area (TPSA) is 67.0 Å². The van der Waals surface area contributed by atoms with E-state index in [1.54, 1.807) is 0 Å². The number of nitrogens with one attached hydrogen (secondary N) is 2. The molecule has 2 N–H and O–H groups in total. The molecule has 1 aromatic heterocycles. The predicted molar refractivity (Wildman–Crippen MR) is 53.3 cm³/mol. The van der Waals surface area contributed by atoms with Crippen LogP contribution in [0.4, 0.5) is 10.6 Å². The highest BCUT2D eigenvalue weighted by Crippen LogP contribution is 2.13. The van der Waals surface area contributed by atoms with Crippen LogP contribution in [0.15, 0.2) is 0 Å². The maximum absolute atomic E-state index is 11.1. The monoisotopic (exact) mass is 197 g/mol. The fourth-order valence-electron chi connectivity index (χ4n) is 0.934. The van der Waals surface area contributed by atoms with Gasteiger partial charge in [0.1, 0.15) is 0 Å². The summed E-state index contributed by atoms with van der Waals surface area (Å²) in [4.78, 5) is 11.1. The zero-order valence-electron chi connectivity index (χ0n) is 8.68. The summed E-state index contributed by atoms with van der Waals surface area (Å²) in [5.41, 5.74) is 1.87. The van der Waals surface area contributed by atoms with Crippen LogP contribution in [0.2, 0.25) is 0 Å². The van der Waals surface area contributed by atoms with Gasteiger partial charge >= 0.3 is 6.09 Å². The van der Waals surface area contributed by atoms with Gasteiger partial charge < -0.3 is 4.74 Å². The maximum Gasteiger partial charge on any atom is 0.412 e. The van der Waals surface area contributed by atoms with Crippen molar-refractivity contribution in [2.45, 2.75) is 27.2 Å². The predicted octanol–water partition coefficient (Wildman–Crippen LogP) is 1.99. The maximum atomic E-state index is 11.1. The normalized spacial score (nSPS) is 9.93. The van der Waals surface area contributed by atoms with Crippen LogP contribution in [0.3, 0.4) is 0 Å². The van der Waals surface area contributed by atoms with E-state index in [2.05, 4.69) is 15.5 Å². The van der Waals surface area contributed by atoms with Gasteiger partial charge in [0.05, 0.1) is 6.61 Å². The van der Waals surface area contributed by atoms with E-state index >= 15 is 0 Å². The zero-order valence-corrected chi connectivity index (χ0v) is 8.68. The highest BCUT2D eigenvalue weighted by molar-refractivity contribution is 5.84. The van der Waals surface area contributed by atoms with E-state index in [4.69, 9.17) is 4.74 Å². The van der Waals surface area contributed by atoms with Crippen LogP contribution in [-0.2, 0) is 4.74 Å². The molecular weight excluding hydrogens is 182 g/mol. The van der Waals surface area contributed by atoms with Crippen molar-refractivity contribution >= 4 is 11.9 Å². The van der Waals surface area contributed by atoms with E-state index in [9.17, 15) is 4.79 Å². The Morgan fingerprint density at radius 1 is 1.57 bits per heavy atom. The largest absolute Gasteiger partial charge is 0.449 e. The van der Waals surface area contributed by atoms with Crippen LogP contribution in [0.25, 0.3) is 0 Å². The molecule has 78 valence electrons. The van der Waals surface area contributed by atoms with Crippen LogP contribution < -0.4 is 5.32 Å². The van der Waals surface area contributed by atoms with E-state index in [0.717, 1.165) is 17.7 Å². The average molecular weight is 197 g/mol. The lowest BCUT2D eigenvalue weighted by Crippen LogP contribution is -2.14. The Morgan fingerprint density at radius 2 is 2.29 bits per heavy atom. The Kier molecular flexibility index (Phi) is 3.50. The molecule has 0 fully saturated rings. The van der Waals surface area contributed by atoms with Crippen molar-refractivity contribution < 1.29 is 9.53 Å². The number of ether oxygens (including phenoxy) is 1. The molecule has 0 radical (unpaired) electrons. The van der Waals surface area contributed by atoms with E-state index in [0.29, 0.717) is 12.4 Å². The van der Waals surface area contributed by atoms with Gasteiger partial charge in [-0.3, -0.25) is 10.4 Å². The Labute approximate surface area is 82.8 Å². The van der Waals surface area contributed by atoms with Crippen molar-refractivity contribution in [2.75, 3.05) is 11.9 Å². The Balaban J connectivity index is 2.52. The van der Waals surface area contributed by atoms with Gasteiger partial charge in [-0.15, -0.1) is 0 Å². The second-order valence-electron chi connectivity index (χ2n) is 3.08. The van der Waals surface area contributed by atoms with Crippen LogP contribution in [0.5, 0.6) is 0 Å². The summed E-state index contributed by atoms with van der Waals surface area (Å²) in [7, 11) is 0. The number of nitrogens with zero attached hydrogens (tertiary/aromatic N) is 1. The fraction of sp³-hybridized carbons (Fsp3) is 0.556. The third-order valence-corrected chi connectivity index (χ3v) is 1.91. The minimum atomic E-state index is -0.457. The number of carbonyl (C=O) groups excluding carboxylic acids is 1. The molecule has 5 heteroatoms. The number of anilines is 1. The molecule has 1 amide bonds. The van der Waals surface area contributed by atoms with Gasteiger partial charge in [-0.2, -0.15) is 5.10 Å². The van der Waals surface area contributed by atoms with E-state index in [1.807, 2.05) is 20.8 Å². The van der Waals surface area contributed by atoms with Gasteiger partial charge in [-0.25, -0.2) is 4.79 Å². The van der Waals surface area contributed by atoms with Gasteiger partial charge in [-0.05, 0) is 20.3 Å². The van der Waals surface area contributed by atoms with Crippen molar-refractivity contribution in [1.82, 2.24) is 10.2 Å². The van der Waals surface area contributed by atoms with E-state index in [1.165, 1.54) is 0 Å². The number of hydrogen-bond donors (Lipinski definition) is 2. The number of aromatic nitrogens is 2. The zero-order chi connectivity index (χ0) is 10.6. The Hall–Kier alpha value is -1.52. The summed E-state index contributed by atoms with van der Waals surface area (Å²) >= 11 is 0. The van der Waals surface area contributed by atoms with Crippen LogP contribution in [0, 0.1) is 13.8 Å². The lowest BCUT2D eigenvalue weighted by atomic mass is 10.3. The third kappa shape index (κ3) is 2.48. The molecule has 0 aliphatic heterocycles. The Morgan fingerprint density at radius 3 is 2.79 bits per heavy atom. The second kappa shape index (κ2) is 4.64. The molecule has 0 atom stereocenters. The first-order valence-electron chi connectivity index (χ1n) is 4.60. The van der Waals surface area contributed by atoms with Crippen LogP contribution in [0.1, 0.15) is 24.6 Å². The number of hydrogen-bond acceptors (Lipinski definition) is 3. The van der Waals surface area contributed by atoms with Crippen molar-refractivity contribution in [1.29, 1.82) is 0 Å². The number of amides is 1. The van der Waals surface area contributed by atoms with Crippen LogP contribution >= 0.6 is 0 Å². The minimum absolute atomic E-state index is 0.425. The van der Waals surface area contributed by atoms with E-state index in [-0.39, 0.29) is 0 Å². The molecule has 1 heterocycles. The molecule has 0 saturated heterocycles. The molecule has 0 aliphatic rings. The van der Waals surface area contributed by atoms with Gasteiger partial charge in [0.15, 0.2) is 5.82 Å². The summed E-state index contributed by atoms with van der Waals surface area (Å²) in [5.74, 6) is 0.531. The fourth-order valence-corrected chi connectivity index (χ4v) is 0.934. The van der Waals surface area contributed by atoms with Gasteiger partial charge in [0.25, 0.3) is 0 Å². The first-order chi connectivity index (χ1) is 6.65. The smallest absolute Gasteiger partial charge is 0.412 e. The van der Waals surface area contributed by atoms with Gasteiger partial charge in [0, 0.05) is 11.3 Å². The Bertz CT molecular complexity index is 320. The lowest BCUT2D eigenvalue weighted by molar-refractivity contribution is 0.161. The molecule has 0 unspecified atom stereocenters. The number of aryl methyl sites for hydroxylation is 1. The number of rotatable bonds is 3. The molecule has 5 nitrogen and oxygen atoms in total. The first kappa shape index (κ1) is 10.6. The summed E-state index contributed by atoms with van der Waals surface area (Å²) in [6, 6.07) is 0.